The summed E-state index contributed by atoms with van der Waals surface area (Å²) in [6.07, 6.45) is -6.22. The SMILES string of the molecule is COc1cccc(OC)c1C1OC(C)C(=O)N1Cc1ccc(OC(F)(F)F)cc1. The highest BCUT2D eigenvalue weighted by molar-refractivity contribution is 5.83. The van der Waals surface area contributed by atoms with Crippen molar-refractivity contribution in [3.63, 3.8) is 0 Å². The Morgan fingerprint density at radius 3 is 2.14 bits per heavy atom. The number of hydrogen-bond donors (Lipinski definition) is 0. The van der Waals surface area contributed by atoms with Gasteiger partial charge in [-0.05, 0) is 36.8 Å². The standard InChI is InChI=1S/C20H20F3NO5/c1-12-18(25)24(11-13-7-9-14(10-8-13)29-20(21,22)23)19(28-12)17-15(26-2)5-4-6-16(17)27-3/h4-10,12,19H,11H2,1-3H3. The Labute approximate surface area is 165 Å². The summed E-state index contributed by atoms with van der Waals surface area (Å²) in [5.41, 5.74) is 1.18. The maximum Gasteiger partial charge on any atom is 0.573 e. The molecule has 0 N–H and O–H groups in total. The van der Waals surface area contributed by atoms with Crippen LogP contribution in [0.3, 0.4) is 0 Å². The Balaban J connectivity index is 1.89. The second kappa shape index (κ2) is 8.20. The third kappa shape index (κ3) is 4.56. The van der Waals surface area contributed by atoms with E-state index in [0.717, 1.165) is 0 Å². The van der Waals surface area contributed by atoms with Crippen LogP contribution in [0.5, 0.6) is 17.2 Å². The van der Waals surface area contributed by atoms with Gasteiger partial charge in [-0.2, -0.15) is 0 Å². The van der Waals surface area contributed by atoms with Gasteiger partial charge in [0.2, 0.25) is 0 Å². The smallest absolute Gasteiger partial charge is 0.496 e. The minimum Gasteiger partial charge on any atom is -0.496 e. The number of carbonyl (C=O) groups excluding carboxylic acids is 1. The lowest BCUT2D eigenvalue weighted by Crippen LogP contribution is -2.30. The lowest BCUT2D eigenvalue weighted by atomic mass is 10.1. The number of amides is 1. The van der Waals surface area contributed by atoms with E-state index >= 15 is 0 Å². The van der Waals surface area contributed by atoms with Gasteiger partial charge in [0.05, 0.1) is 19.8 Å². The Bertz CT molecular complexity index is 847. The fourth-order valence-corrected chi connectivity index (χ4v) is 3.18. The van der Waals surface area contributed by atoms with E-state index in [4.69, 9.17) is 14.2 Å². The van der Waals surface area contributed by atoms with E-state index < -0.39 is 18.7 Å². The molecule has 2 aromatic rings. The Hall–Kier alpha value is -2.94. The minimum absolute atomic E-state index is 0.126. The summed E-state index contributed by atoms with van der Waals surface area (Å²) in [4.78, 5) is 14.2. The summed E-state index contributed by atoms with van der Waals surface area (Å²) < 4.78 is 57.6. The highest BCUT2D eigenvalue weighted by atomic mass is 19.4. The van der Waals surface area contributed by atoms with Gasteiger partial charge in [-0.25, -0.2) is 0 Å². The number of rotatable bonds is 6. The number of nitrogens with zero attached hydrogens (tertiary/aromatic N) is 1. The average Bonchev–Trinajstić information content (AvgIpc) is 2.95. The van der Waals surface area contributed by atoms with E-state index in [-0.39, 0.29) is 18.2 Å². The van der Waals surface area contributed by atoms with Crippen LogP contribution in [-0.4, -0.2) is 37.5 Å². The maximum atomic E-state index is 12.7. The normalized spacial score (nSPS) is 19.4. The van der Waals surface area contributed by atoms with Gasteiger partial charge in [0.25, 0.3) is 5.91 Å². The average molecular weight is 411 g/mol. The molecular weight excluding hydrogens is 391 g/mol. The molecule has 2 aromatic carbocycles. The first kappa shape index (κ1) is 20.8. The summed E-state index contributed by atoms with van der Waals surface area (Å²) in [6, 6.07) is 10.6. The third-order valence-electron chi connectivity index (χ3n) is 4.47. The van der Waals surface area contributed by atoms with Gasteiger partial charge >= 0.3 is 6.36 Å². The van der Waals surface area contributed by atoms with Crippen molar-refractivity contribution in [2.75, 3.05) is 14.2 Å². The predicted octanol–water partition coefficient (Wildman–Crippen LogP) is 4.05. The van der Waals surface area contributed by atoms with Gasteiger partial charge in [0.1, 0.15) is 23.4 Å². The fraction of sp³-hybridized carbons (Fsp3) is 0.350. The molecular formula is C20H20F3NO5. The second-order valence-electron chi connectivity index (χ2n) is 6.36. The predicted molar refractivity (Wildman–Crippen MR) is 96.5 cm³/mol. The molecule has 1 aliphatic rings. The highest BCUT2D eigenvalue weighted by Gasteiger charge is 2.41. The maximum absolute atomic E-state index is 12.7. The molecule has 9 heteroatoms. The zero-order chi connectivity index (χ0) is 21.2. The molecule has 6 nitrogen and oxygen atoms in total. The van der Waals surface area contributed by atoms with Gasteiger partial charge in [-0.3, -0.25) is 4.79 Å². The largest absolute Gasteiger partial charge is 0.573 e. The topological polar surface area (TPSA) is 57.2 Å². The van der Waals surface area contributed by atoms with Gasteiger partial charge in [0, 0.05) is 6.54 Å². The number of benzene rings is 2. The number of methoxy groups -OCH3 is 2. The molecule has 1 fully saturated rings. The Kier molecular flexibility index (Phi) is 5.88. The van der Waals surface area contributed by atoms with Gasteiger partial charge < -0.3 is 23.8 Å². The molecule has 0 bridgehead atoms. The molecule has 0 radical (unpaired) electrons. The summed E-state index contributed by atoms with van der Waals surface area (Å²) >= 11 is 0. The minimum atomic E-state index is -4.76. The summed E-state index contributed by atoms with van der Waals surface area (Å²) in [6.45, 7) is 1.76. The monoisotopic (exact) mass is 411 g/mol. The van der Waals surface area contributed by atoms with E-state index in [2.05, 4.69) is 4.74 Å². The molecule has 2 atom stereocenters. The van der Waals surface area contributed by atoms with E-state index in [0.29, 0.717) is 22.6 Å². The first-order valence-corrected chi connectivity index (χ1v) is 8.75. The van der Waals surface area contributed by atoms with Crippen LogP contribution in [0.25, 0.3) is 0 Å². The van der Waals surface area contributed by atoms with Gasteiger partial charge in [0.15, 0.2) is 6.23 Å². The molecule has 2 unspecified atom stereocenters. The van der Waals surface area contributed by atoms with Crippen LogP contribution < -0.4 is 14.2 Å². The quantitative estimate of drug-likeness (QED) is 0.718. The molecule has 0 spiro atoms. The Morgan fingerprint density at radius 1 is 1.03 bits per heavy atom. The van der Waals surface area contributed by atoms with Crippen LogP contribution >= 0.6 is 0 Å². The third-order valence-corrected chi connectivity index (χ3v) is 4.47. The van der Waals surface area contributed by atoms with E-state index in [1.54, 1.807) is 25.1 Å². The van der Waals surface area contributed by atoms with Crippen LogP contribution in [0.1, 0.15) is 24.3 Å². The van der Waals surface area contributed by atoms with Gasteiger partial charge in [-0.15, -0.1) is 13.2 Å². The van der Waals surface area contributed by atoms with Crippen molar-refractivity contribution < 1.29 is 36.9 Å². The second-order valence-corrected chi connectivity index (χ2v) is 6.36. The molecule has 0 aromatic heterocycles. The van der Waals surface area contributed by atoms with Crippen molar-refractivity contribution in [1.29, 1.82) is 0 Å². The molecule has 156 valence electrons. The summed E-state index contributed by atoms with van der Waals surface area (Å²) in [5.74, 6) is 0.408. The van der Waals surface area contributed by atoms with Crippen molar-refractivity contribution >= 4 is 5.91 Å². The van der Waals surface area contributed by atoms with Crippen molar-refractivity contribution in [3.05, 3.63) is 53.6 Å². The van der Waals surface area contributed by atoms with Crippen molar-refractivity contribution in [1.82, 2.24) is 4.90 Å². The number of alkyl halides is 3. The number of hydrogen-bond acceptors (Lipinski definition) is 5. The molecule has 3 rings (SSSR count). The number of carbonyl (C=O) groups is 1. The van der Waals surface area contributed by atoms with Crippen LogP contribution in [0, 0.1) is 0 Å². The molecule has 0 aliphatic carbocycles. The molecule has 1 saturated heterocycles. The van der Waals surface area contributed by atoms with Gasteiger partial charge in [-0.1, -0.05) is 18.2 Å². The first-order valence-electron chi connectivity index (χ1n) is 8.75. The Morgan fingerprint density at radius 2 is 1.62 bits per heavy atom. The molecule has 1 amide bonds. The van der Waals surface area contributed by atoms with Crippen LogP contribution in [0.15, 0.2) is 42.5 Å². The van der Waals surface area contributed by atoms with Crippen molar-refractivity contribution in [2.45, 2.75) is 32.2 Å². The molecule has 29 heavy (non-hydrogen) atoms. The molecule has 0 saturated carbocycles. The molecule has 1 heterocycles. The van der Waals surface area contributed by atoms with E-state index in [1.165, 1.54) is 43.4 Å². The number of ether oxygens (including phenoxy) is 4. The van der Waals surface area contributed by atoms with Crippen molar-refractivity contribution in [3.8, 4) is 17.2 Å². The van der Waals surface area contributed by atoms with Crippen LogP contribution in [-0.2, 0) is 16.1 Å². The van der Waals surface area contributed by atoms with Crippen molar-refractivity contribution in [2.24, 2.45) is 0 Å². The highest BCUT2D eigenvalue weighted by Crippen LogP contribution is 2.42. The van der Waals surface area contributed by atoms with Crippen LogP contribution in [0.4, 0.5) is 13.2 Å². The van der Waals surface area contributed by atoms with Crippen LogP contribution in [0.2, 0.25) is 0 Å². The summed E-state index contributed by atoms with van der Waals surface area (Å²) in [5, 5.41) is 0. The van der Waals surface area contributed by atoms with E-state index in [1.807, 2.05) is 0 Å². The lowest BCUT2D eigenvalue weighted by Gasteiger charge is -2.26. The zero-order valence-corrected chi connectivity index (χ0v) is 16.0. The first-order chi connectivity index (χ1) is 13.7. The zero-order valence-electron chi connectivity index (χ0n) is 16.0. The lowest BCUT2D eigenvalue weighted by molar-refractivity contribution is -0.274. The van der Waals surface area contributed by atoms with E-state index in [9.17, 15) is 18.0 Å². The molecule has 1 aliphatic heterocycles. The fourth-order valence-electron chi connectivity index (χ4n) is 3.18. The summed E-state index contributed by atoms with van der Waals surface area (Å²) in [7, 11) is 3.00. The number of halogens is 3.